The van der Waals surface area contributed by atoms with Gasteiger partial charge in [0.15, 0.2) is 9.84 Å². The number of sulfone groups is 1. The fraction of sp³-hybridized carbons (Fsp3) is 0.500. The molecular weight excluding hydrogens is 277 g/mol. The molecule has 0 spiro atoms. The minimum atomic E-state index is -3.02. The number of hydrogen-bond donors (Lipinski definition) is 1. The summed E-state index contributed by atoms with van der Waals surface area (Å²) in [6.45, 7) is 3.63. The smallest absolute Gasteiger partial charge is 0.151 e. The number of rotatable bonds is 6. The van der Waals surface area contributed by atoms with E-state index < -0.39 is 15.7 Å². The lowest BCUT2D eigenvalue weighted by Crippen LogP contribution is -2.33. The van der Waals surface area contributed by atoms with Crippen molar-refractivity contribution in [3.05, 3.63) is 34.6 Å². The van der Waals surface area contributed by atoms with E-state index in [1.165, 1.54) is 6.07 Å². The number of halogens is 2. The molecule has 0 aromatic heterocycles. The molecule has 0 radical (unpaired) electrons. The lowest BCUT2D eigenvalue weighted by Gasteiger charge is -2.14. The van der Waals surface area contributed by atoms with Gasteiger partial charge in [0.1, 0.15) is 5.82 Å². The molecular formula is C12H17ClFNO2S. The van der Waals surface area contributed by atoms with E-state index in [1.807, 2.05) is 0 Å². The first-order valence-electron chi connectivity index (χ1n) is 5.72. The second-order valence-corrected chi connectivity index (χ2v) is 7.00. The summed E-state index contributed by atoms with van der Waals surface area (Å²) in [7, 11) is -3.02. The van der Waals surface area contributed by atoms with Gasteiger partial charge in [-0.15, -0.1) is 0 Å². The molecule has 1 atom stereocenters. The van der Waals surface area contributed by atoms with Gasteiger partial charge >= 0.3 is 0 Å². The summed E-state index contributed by atoms with van der Waals surface area (Å²) in [5.41, 5.74) is 0.434. The van der Waals surface area contributed by atoms with Gasteiger partial charge in [0.2, 0.25) is 0 Å². The summed E-state index contributed by atoms with van der Waals surface area (Å²) in [6.07, 6.45) is 0. The van der Waals surface area contributed by atoms with E-state index in [9.17, 15) is 12.8 Å². The van der Waals surface area contributed by atoms with Crippen LogP contribution < -0.4 is 5.32 Å². The molecule has 0 saturated heterocycles. The fourth-order valence-corrected chi connectivity index (χ4v) is 2.84. The molecule has 0 amide bonds. The minimum Gasteiger partial charge on any atom is -0.309 e. The van der Waals surface area contributed by atoms with Crippen LogP contribution in [0.15, 0.2) is 18.2 Å². The van der Waals surface area contributed by atoms with Crippen molar-refractivity contribution < 1.29 is 12.8 Å². The van der Waals surface area contributed by atoms with E-state index in [2.05, 4.69) is 5.32 Å². The highest BCUT2D eigenvalue weighted by atomic mass is 35.5. The first-order valence-corrected chi connectivity index (χ1v) is 7.92. The van der Waals surface area contributed by atoms with Crippen LogP contribution in [0.5, 0.6) is 0 Å². The second kappa shape index (κ2) is 6.50. The van der Waals surface area contributed by atoms with E-state index in [-0.39, 0.29) is 29.1 Å². The molecule has 1 unspecified atom stereocenters. The van der Waals surface area contributed by atoms with Gasteiger partial charge in [-0.05, 0) is 13.0 Å². The summed E-state index contributed by atoms with van der Waals surface area (Å²) in [6, 6.07) is 4.53. The summed E-state index contributed by atoms with van der Waals surface area (Å²) >= 11 is 5.66. The Bertz CT molecular complexity index is 505. The topological polar surface area (TPSA) is 46.2 Å². The molecule has 0 bridgehead atoms. The van der Waals surface area contributed by atoms with Gasteiger partial charge in [-0.25, -0.2) is 12.8 Å². The predicted molar refractivity (Wildman–Crippen MR) is 72.0 cm³/mol. The fourth-order valence-electron chi connectivity index (χ4n) is 1.53. The molecule has 1 aromatic carbocycles. The van der Waals surface area contributed by atoms with Crippen molar-refractivity contribution in [3.8, 4) is 0 Å². The van der Waals surface area contributed by atoms with E-state index >= 15 is 0 Å². The molecule has 1 rings (SSSR count). The van der Waals surface area contributed by atoms with E-state index in [0.29, 0.717) is 5.56 Å². The maximum atomic E-state index is 13.6. The van der Waals surface area contributed by atoms with Gasteiger partial charge in [0.05, 0.1) is 10.8 Å². The number of nitrogens with one attached hydrogen (secondary N) is 1. The zero-order valence-electron chi connectivity index (χ0n) is 10.4. The van der Waals surface area contributed by atoms with Crippen LogP contribution in [-0.4, -0.2) is 26.0 Å². The summed E-state index contributed by atoms with van der Waals surface area (Å²) in [5.74, 6) is -0.298. The lowest BCUT2D eigenvalue weighted by molar-refractivity contribution is 0.541. The Morgan fingerprint density at radius 3 is 2.72 bits per heavy atom. The zero-order chi connectivity index (χ0) is 13.8. The molecule has 3 nitrogen and oxygen atoms in total. The van der Waals surface area contributed by atoms with Crippen molar-refractivity contribution >= 4 is 21.4 Å². The summed E-state index contributed by atoms with van der Waals surface area (Å²) in [4.78, 5) is 0. The van der Waals surface area contributed by atoms with Crippen molar-refractivity contribution in [1.82, 2.24) is 5.32 Å². The Morgan fingerprint density at radius 2 is 2.11 bits per heavy atom. The molecule has 102 valence electrons. The second-order valence-electron chi connectivity index (χ2n) is 4.19. The van der Waals surface area contributed by atoms with Crippen LogP contribution in [-0.2, 0) is 16.4 Å². The Balaban J connectivity index is 2.58. The molecule has 1 aromatic rings. The van der Waals surface area contributed by atoms with Crippen molar-refractivity contribution in [2.24, 2.45) is 0 Å². The van der Waals surface area contributed by atoms with Crippen molar-refractivity contribution in [1.29, 1.82) is 0 Å². The quantitative estimate of drug-likeness (QED) is 0.876. The van der Waals surface area contributed by atoms with Crippen LogP contribution >= 0.6 is 11.6 Å². The highest BCUT2D eigenvalue weighted by Gasteiger charge is 2.14. The van der Waals surface area contributed by atoms with Gasteiger partial charge in [-0.2, -0.15) is 0 Å². The van der Waals surface area contributed by atoms with Crippen LogP contribution in [0, 0.1) is 5.82 Å². The molecule has 0 aliphatic heterocycles. The first-order chi connectivity index (χ1) is 8.35. The standard InChI is InChI=1S/C12H17ClFNO2S/c1-3-18(16,17)8-9(2)15-7-10-5-4-6-11(13)12(10)14/h4-6,9,15H,3,7-8H2,1-2H3. The third kappa shape index (κ3) is 4.55. The van der Waals surface area contributed by atoms with Crippen molar-refractivity contribution in [2.75, 3.05) is 11.5 Å². The normalized spacial score (nSPS) is 13.6. The van der Waals surface area contributed by atoms with Crippen LogP contribution in [0.1, 0.15) is 19.4 Å². The minimum absolute atomic E-state index is 0.0473. The Kier molecular flexibility index (Phi) is 5.56. The van der Waals surface area contributed by atoms with Crippen LogP contribution in [0.4, 0.5) is 4.39 Å². The SMILES string of the molecule is CCS(=O)(=O)CC(C)NCc1cccc(Cl)c1F. The van der Waals surface area contributed by atoms with E-state index in [4.69, 9.17) is 11.6 Å². The van der Waals surface area contributed by atoms with Crippen LogP contribution in [0.3, 0.4) is 0 Å². The van der Waals surface area contributed by atoms with Crippen LogP contribution in [0.2, 0.25) is 5.02 Å². The molecule has 6 heteroatoms. The highest BCUT2D eigenvalue weighted by Crippen LogP contribution is 2.17. The largest absolute Gasteiger partial charge is 0.309 e. The average Bonchev–Trinajstić information content (AvgIpc) is 2.30. The molecule has 0 saturated carbocycles. The number of hydrogen-bond acceptors (Lipinski definition) is 3. The molecule has 0 aliphatic carbocycles. The monoisotopic (exact) mass is 293 g/mol. The summed E-state index contributed by atoms with van der Waals surface area (Å²) in [5, 5.41) is 3.05. The third-order valence-corrected chi connectivity index (χ3v) is 4.80. The third-order valence-electron chi connectivity index (χ3n) is 2.62. The molecule has 1 N–H and O–H groups in total. The lowest BCUT2D eigenvalue weighted by atomic mass is 10.2. The van der Waals surface area contributed by atoms with E-state index in [0.717, 1.165) is 0 Å². The van der Waals surface area contributed by atoms with Gasteiger partial charge in [-0.1, -0.05) is 30.7 Å². The maximum absolute atomic E-state index is 13.6. The van der Waals surface area contributed by atoms with E-state index in [1.54, 1.807) is 26.0 Å². The number of benzene rings is 1. The highest BCUT2D eigenvalue weighted by molar-refractivity contribution is 7.91. The Morgan fingerprint density at radius 1 is 1.44 bits per heavy atom. The van der Waals surface area contributed by atoms with Gasteiger partial charge in [0, 0.05) is 23.9 Å². The van der Waals surface area contributed by atoms with Gasteiger partial charge in [-0.3, -0.25) is 0 Å². The molecule has 18 heavy (non-hydrogen) atoms. The van der Waals surface area contributed by atoms with Crippen molar-refractivity contribution in [3.63, 3.8) is 0 Å². The van der Waals surface area contributed by atoms with Crippen molar-refractivity contribution in [2.45, 2.75) is 26.4 Å². The van der Waals surface area contributed by atoms with Gasteiger partial charge in [0.25, 0.3) is 0 Å². The van der Waals surface area contributed by atoms with Gasteiger partial charge < -0.3 is 5.32 Å². The Labute approximate surface area is 112 Å². The molecule has 0 fully saturated rings. The molecule has 0 aliphatic rings. The maximum Gasteiger partial charge on any atom is 0.151 e. The Hall–Kier alpha value is -0.650. The summed E-state index contributed by atoms with van der Waals surface area (Å²) < 4.78 is 36.4. The predicted octanol–water partition coefficient (Wildman–Crippen LogP) is 2.39. The average molecular weight is 294 g/mol. The zero-order valence-corrected chi connectivity index (χ0v) is 12.0. The van der Waals surface area contributed by atoms with Crippen LogP contribution in [0.25, 0.3) is 0 Å². The first kappa shape index (κ1) is 15.4. The molecule has 0 heterocycles.